The maximum atomic E-state index is 13.9. The van der Waals surface area contributed by atoms with Gasteiger partial charge in [-0.3, -0.25) is 59.6 Å². The van der Waals surface area contributed by atoms with Gasteiger partial charge in [0.25, 0.3) is 47.3 Å². The average Bonchev–Trinajstić information content (AvgIpc) is 1.16. The first-order valence-corrected chi connectivity index (χ1v) is 40.3. The molecule has 8 amide bonds. The van der Waals surface area contributed by atoms with Crippen LogP contribution in [0.4, 0.5) is 63.1 Å². The number of likely N-dealkylation sites (N-methyl/N-ethyl adjacent to an activating group) is 1. The zero-order valence-electron chi connectivity index (χ0n) is 67.4. The van der Waals surface area contributed by atoms with Crippen LogP contribution in [0.25, 0.3) is 0 Å². The van der Waals surface area contributed by atoms with E-state index in [-0.39, 0.29) is 45.0 Å². The third-order valence-electron chi connectivity index (χ3n) is 19.4. The number of nitrogens with one attached hydrogen (secondary N) is 11. The van der Waals surface area contributed by atoms with Crippen molar-refractivity contribution in [2.24, 2.45) is 4.99 Å². The SMILES string of the molecule is CN(C)C(=N)c1ccc(C(=O)Nc2ccc(F)cc2C(=O)Nc2ccc(Cl)cc2)cc1.CN1CCN=C1c1ccc(C(=O)Nc2ccc(F)cc2C(=O)Nc2ccc(Cl)cc2)cc1.N=C(c1ccc(C(=O)Nc2ccc(F)cc2C(=O)Nc2ccc(Cl)cc2)cc1)N1CC1.N=C(c1ccc(C(=O)Nc2ccc(F)cc2C(=O)Nc2ccc(Cl)cc2)cc1)N1CCC1. The van der Waals surface area contributed by atoms with E-state index in [4.69, 9.17) is 62.6 Å². The molecule has 638 valence electrons. The fourth-order valence-corrected chi connectivity index (χ4v) is 12.9. The van der Waals surface area contributed by atoms with E-state index in [0.717, 1.165) is 98.5 Å². The molecular weight excluding hydrogens is 1700 g/mol. The molecule has 0 saturated carbocycles. The van der Waals surface area contributed by atoms with Gasteiger partial charge in [-0.1, -0.05) is 94.9 Å². The predicted molar refractivity (Wildman–Crippen MR) is 487 cm³/mol. The molecule has 0 bridgehead atoms. The molecule has 24 nitrogen and oxygen atoms in total. The van der Waals surface area contributed by atoms with E-state index in [0.29, 0.717) is 88.2 Å². The molecule has 0 aliphatic carbocycles. The number of rotatable bonds is 20. The van der Waals surface area contributed by atoms with Gasteiger partial charge in [0.15, 0.2) is 0 Å². The lowest BCUT2D eigenvalue weighted by Gasteiger charge is -2.33. The van der Waals surface area contributed by atoms with Crippen molar-refractivity contribution in [3.63, 3.8) is 0 Å². The summed E-state index contributed by atoms with van der Waals surface area (Å²) in [6, 6.07) is 67.1. The fourth-order valence-electron chi connectivity index (χ4n) is 12.3. The van der Waals surface area contributed by atoms with Gasteiger partial charge in [-0.2, -0.15) is 0 Å². The van der Waals surface area contributed by atoms with Crippen LogP contribution in [-0.2, 0) is 0 Å². The van der Waals surface area contributed by atoms with E-state index in [2.05, 4.69) is 52.4 Å². The van der Waals surface area contributed by atoms with Gasteiger partial charge in [-0.25, -0.2) is 17.6 Å². The summed E-state index contributed by atoms with van der Waals surface area (Å²) in [7, 11) is 5.49. The van der Waals surface area contributed by atoms with Crippen molar-refractivity contribution >= 4 is 163 Å². The molecule has 11 N–H and O–H groups in total. The topological polar surface area (TPSA) is 329 Å². The lowest BCUT2D eigenvalue weighted by atomic mass is 10.1. The van der Waals surface area contributed by atoms with Crippen LogP contribution in [0.5, 0.6) is 0 Å². The van der Waals surface area contributed by atoms with Crippen LogP contribution in [0.3, 0.4) is 0 Å². The first-order chi connectivity index (χ1) is 60.4. The van der Waals surface area contributed by atoms with E-state index in [9.17, 15) is 55.9 Å². The Morgan fingerprint density at radius 1 is 0.317 bits per heavy atom. The van der Waals surface area contributed by atoms with Crippen molar-refractivity contribution in [1.82, 2.24) is 19.6 Å². The maximum Gasteiger partial charge on any atom is 0.257 e. The van der Waals surface area contributed by atoms with Crippen molar-refractivity contribution in [1.29, 1.82) is 16.2 Å². The van der Waals surface area contributed by atoms with Gasteiger partial charge >= 0.3 is 0 Å². The lowest BCUT2D eigenvalue weighted by Crippen LogP contribution is -2.42. The Hall–Kier alpha value is -14.8. The van der Waals surface area contributed by atoms with E-state index in [1.165, 1.54) is 42.5 Å². The summed E-state index contributed by atoms with van der Waals surface area (Å²) >= 11 is 23.4. The third kappa shape index (κ3) is 24.5. The minimum absolute atomic E-state index is 0.00635. The number of aliphatic imine (C=N–C) groups is 1. The number of anilines is 8. The number of carbonyl (C=O) groups is 8. The first kappa shape index (κ1) is 90.4. The second-order valence-electron chi connectivity index (χ2n) is 28.6. The quantitative estimate of drug-likeness (QED) is 0.0147. The van der Waals surface area contributed by atoms with Gasteiger partial charge in [-0.05, 0) is 225 Å². The summed E-state index contributed by atoms with van der Waals surface area (Å²) < 4.78 is 55.3. The van der Waals surface area contributed by atoms with Crippen molar-refractivity contribution in [3.05, 3.63) is 377 Å². The molecule has 3 heterocycles. The van der Waals surface area contributed by atoms with Crippen molar-refractivity contribution in [3.8, 4) is 0 Å². The van der Waals surface area contributed by atoms with Crippen molar-refractivity contribution in [2.75, 3.05) is 103 Å². The summed E-state index contributed by atoms with van der Waals surface area (Å²) in [4.78, 5) is 114. The summed E-state index contributed by atoms with van der Waals surface area (Å²) in [5, 5.41) is 47.6. The van der Waals surface area contributed by atoms with E-state index in [1.54, 1.807) is 201 Å². The molecule has 3 aliphatic rings. The molecule has 0 unspecified atom stereocenters. The van der Waals surface area contributed by atoms with E-state index < -0.39 is 70.5 Å². The van der Waals surface area contributed by atoms with Crippen LogP contribution in [0.2, 0.25) is 20.1 Å². The number of halogens is 8. The normalized spacial score (nSPS) is 12.1. The summed E-state index contributed by atoms with van der Waals surface area (Å²) in [6.45, 7) is 5.08. The molecule has 32 heteroatoms. The number of likely N-dealkylation sites (tertiary alicyclic amines) is 1. The standard InChI is InChI=1S/2C24H20ClFN4O2.C23H18ClFN4O2.C23H20ClFN4O2/c1-30-13-12-27-22(30)15-2-4-16(5-3-15)23(31)29-21-11-8-18(26)14-20(21)24(32)28-19-9-6-17(25)7-10-19;25-17-6-9-19(10-7-17)28-24(32)20-14-18(26)8-11-21(20)29-23(31)16-4-2-15(3-5-16)22(27)30-12-1-13-30;24-16-5-8-18(9-6-16)27-23(31)19-13-17(25)7-10-20(19)28-22(30)15-3-1-14(2-4-15)21(26)29-11-12-29;1-29(2)21(26)14-3-5-15(6-4-14)22(30)28-20-12-9-17(25)13-19(20)23(31)27-18-10-7-16(24)8-11-18/h2-11,14H,12-13H2,1H3,(H,28,32)(H,29,31);2-11,14,27H,1,12-13H2,(H,28,32)(H,29,31);1-10,13,26H,11-12H2,(H,27,31)(H,28,30);3-13,26H,1-2H3,(H,27,31)(H,28,30). The minimum Gasteiger partial charge on any atom is -0.363 e. The third-order valence-corrected chi connectivity index (χ3v) is 20.4. The predicted octanol–water partition coefficient (Wildman–Crippen LogP) is 19.2. The Kier molecular flexibility index (Phi) is 30.0. The molecule has 126 heavy (non-hydrogen) atoms. The monoisotopic (exact) mass is 1770 g/mol. The summed E-state index contributed by atoms with van der Waals surface area (Å²) in [5.41, 5.74) is 7.14. The molecule has 0 atom stereocenters. The molecule has 2 saturated heterocycles. The highest BCUT2D eigenvalue weighted by Crippen LogP contribution is 2.29. The highest BCUT2D eigenvalue weighted by atomic mass is 35.5. The zero-order chi connectivity index (χ0) is 89.8. The fraction of sp³-hybridized carbons (Fsp3) is 0.106. The largest absolute Gasteiger partial charge is 0.363 e. The molecular formula is C94H78Cl4F4N16O8. The Labute approximate surface area is 741 Å². The van der Waals surface area contributed by atoms with Crippen molar-refractivity contribution in [2.45, 2.75) is 6.42 Å². The number of benzene rings is 12. The van der Waals surface area contributed by atoms with Gasteiger partial charge in [-0.15, -0.1) is 0 Å². The Bertz CT molecular complexity index is 5980. The maximum absolute atomic E-state index is 13.9. The number of carbonyl (C=O) groups excluding carboxylic acids is 8. The second kappa shape index (κ2) is 41.8. The molecule has 15 rings (SSSR count). The Balaban J connectivity index is 0.000000153. The smallest absolute Gasteiger partial charge is 0.257 e. The van der Waals surface area contributed by atoms with Crippen LogP contribution in [0.15, 0.2) is 272 Å². The van der Waals surface area contributed by atoms with Crippen LogP contribution in [0, 0.1) is 39.5 Å². The second-order valence-corrected chi connectivity index (χ2v) is 30.4. The Morgan fingerprint density at radius 2 is 0.571 bits per heavy atom. The van der Waals surface area contributed by atoms with E-state index >= 15 is 0 Å². The first-order valence-electron chi connectivity index (χ1n) is 38.8. The number of nitrogens with zero attached hydrogens (tertiary/aromatic N) is 5. The van der Waals surface area contributed by atoms with Crippen molar-refractivity contribution < 1.29 is 55.9 Å². The van der Waals surface area contributed by atoms with Crippen LogP contribution in [0.1, 0.15) is 112 Å². The molecule has 0 radical (unpaired) electrons. The highest BCUT2D eigenvalue weighted by molar-refractivity contribution is 6.32. The molecule has 12 aromatic rings. The molecule has 2 fully saturated rings. The number of hydrogen-bond acceptors (Lipinski definition) is 13. The lowest BCUT2D eigenvalue weighted by molar-refractivity contribution is 0.101. The summed E-state index contributed by atoms with van der Waals surface area (Å²) in [5.74, 6) is -4.38. The molecule has 0 aromatic heterocycles. The molecule has 3 aliphatic heterocycles. The summed E-state index contributed by atoms with van der Waals surface area (Å²) in [6.07, 6.45) is 1.08. The number of amides is 8. The van der Waals surface area contributed by atoms with Gasteiger partial charge < -0.3 is 62.1 Å². The van der Waals surface area contributed by atoms with Gasteiger partial charge in [0.2, 0.25) is 0 Å². The zero-order valence-corrected chi connectivity index (χ0v) is 70.4. The van der Waals surface area contributed by atoms with Gasteiger partial charge in [0, 0.05) is 141 Å². The van der Waals surface area contributed by atoms with Crippen LogP contribution < -0.4 is 42.5 Å². The average molecular weight is 1780 g/mol. The molecule has 0 spiro atoms. The van der Waals surface area contributed by atoms with Crippen LogP contribution >= 0.6 is 46.4 Å². The van der Waals surface area contributed by atoms with Gasteiger partial charge in [0.1, 0.15) is 46.6 Å². The van der Waals surface area contributed by atoms with Gasteiger partial charge in [0.05, 0.1) is 51.5 Å². The van der Waals surface area contributed by atoms with E-state index in [1.807, 2.05) is 29.0 Å². The minimum atomic E-state index is -0.606. The molecule has 12 aromatic carbocycles. The number of hydrogen-bond donors (Lipinski definition) is 11. The highest BCUT2D eigenvalue weighted by Gasteiger charge is 2.26. The Morgan fingerprint density at radius 3 is 0.810 bits per heavy atom. The number of amidine groups is 4. The van der Waals surface area contributed by atoms with Crippen LogP contribution in [-0.4, -0.2) is 151 Å².